The van der Waals surface area contributed by atoms with Gasteiger partial charge in [0, 0.05) is 15.7 Å². The Morgan fingerprint density at radius 1 is 1.14 bits per heavy atom. The maximum absolute atomic E-state index is 11.4. The number of nitrogens with zero attached hydrogens (tertiary/aromatic N) is 1. The summed E-state index contributed by atoms with van der Waals surface area (Å²) >= 11 is 11.8. The van der Waals surface area contributed by atoms with Crippen LogP contribution in [0.3, 0.4) is 0 Å². The molecule has 0 saturated heterocycles. The van der Waals surface area contributed by atoms with Crippen molar-refractivity contribution in [2.75, 3.05) is 5.32 Å². The van der Waals surface area contributed by atoms with E-state index in [4.69, 9.17) is 28.5 Å². The number of carboxylic acid groups (broad SMARTS) is 1. The second-order valence-corrected chi connectivity index (χ2v) is 5.18. The maximum atomic E-state index is 11.4. The monoisotopic (exact) mass is 320 g/mol. The lowest BCUT2D eigenvalue weighted by Gasteiger charge is -2.17. The molecule has 0 aliphatic carbocycles. The molecule has 1 atom stereocenters. The number of carboxylic acids is 1. The largest absolute Gasteiger partial charge is 0.479 e. The average Bonchev–Trinajstić information content (AvgIpc) is 2.44. The Morgan fingerprint density at radius 2 is 1.71 bits per heavy atom. The third kappa shape index (κ3) is 3.88. The lowest BCUT2D eigenvalue weighted by atomic mass is 10.1. The molecule has 2 aromatic rings. The van der Waals surface area contributed by atoms with Crippen LogP contribution in [0.25, 0.3) is 0 Å². The summed E-state index contributed by atoms with van der Waals surface area (Å²) in [6.45, 7) is 0. The lowest BCUT2D eigenvalue weighted by molar-refractivity contribution is -0.138. The van der Waals surface area contributed by atoms with Crippen LogP contribution in [0.15, 0.2) is 42.5 Å². The van der Waals surface area contributed by atoms with Gasteiger partial charge in [-0.05, 0) is 48.0 Å². The van der Waals surface area contributed by atoms with Gasteiger partial charge >= 0.3 is 5.97 Å². The fourth-order valence-electron chi connectivity index (χ4n) is 1.84. The van der Waals surface area contributed by atoms with Crippen LogP contribution in [-0.4, -0.2) is 11.1 Å². The molecule has 0 aliphatic heterocycles. The summed E-state index contributed by atoms with van der Waals surface area (Å²) in [5, 5.41) is 21.7. The smallest absolute Gasteiger partial charge is 0.330 e. The van der Waals surface area contributed by atoms with Crippen molar-refractivity contribution >= 4 is 34.9 Å². The van der Waals surface area contributed by atoms with Gasteiger partial charge in [0.1, 0.15) is 0 Å². The SMILES string of the molecule is N#Cc1ccc(NC(C(=O)O)c2cc(Cl)cc(Cl)c2)cc1. The van der Waals surface area contributed by atoms with Crippen LogP contribution in [0, 0.1) is 11.3 Å². The minimum atomic E-state index is -1.06. The number of aliphatic carboxylic acids is 1. The van der Waals surface area contributed by atoms with Gasteiger partial charge in [-0.25, -0.2) is 4.79 Å². The Hall–Kier alpha value is -2.22. The molecule has 0 amide bonds. The van der Waals surface area contributed by atoms with E-state index in [-0.39, 0.29) is 0 Å². The number of hydrogen-bond donors (Lipinski definition) is 2. The van der Waals surface area contributed by atoms with E-state index >= 15 is 0 Å². The van der Waals surface area contributed by atoms with E-state index in [2.05, 4.69) is 5.32 Å². The second-order valence-electron chi connectivity index (χ2n) is 4.31. The van der Waals surface area contributed by atoms with E-state index in [1.165, 1.54) is 6.07 Å². The number of benzene rings is 2. The molecule has 4 nitrogen and oxygen atoms in total. The van der Waals surface area contributed by atoms with Gasteiger partial charge in [0.15, 0.2) is 6.04 Å². The van der Waals surface area contributed by atoms with Gasteiger partial charge in [0.2, 0.25) is 0 Å². The number of halogens is 2. The topological polar surface area (TPSA) is 73.1 Å². The van der Waals surface area contributed by atoms with E-state index < -0.39 is 12.0 Å². The fourth-order valence-corrected chi connectivity index (χ4v) is 2.38. The van der Waals surface area contributed by atoms with Crippen molar-refractivity contribution in [3.63, 3.8) is 0 Å². The van der Waals surface area contributed by atoms with E-state index in [0.717, 1.165) is 0 Å². The average molecular weight is 321 g/mol. The minimum absolute atomic E-state index is 0.366. The summed E-state index contributed by atoms with van der Waals surface area (Å²) in [6.07, 6.45) is 0. The van der Waals surface area contributed by atoms with Gasteiger partial charge in [-0.3, -0.25) is 0 Å². The van der Waals surface area contributed by atoms with Crippen molar-refractivity contribution in [3.8, 4) is 6.07 Å². The first-order chi connectivity index (χ1) is 9.99. The molecule has 2 N–H and O–H groups in total. The van der Waals surface area contributed by atoms with Crippen molar-refractivity contribution in [2.45, 2.75) is 6.04 Å². The standard InChI is InChI=1S/C15H10Cl2N2O2/c16-11-5-10(6-12(17)7-11)14(15(20)21)19-13-3-1-9(8-18)2-4-13/h1-7,14,19H,(H,20,21). The van der Waals surface area contributed by atoms with E-state index in [9.17, 15) is 9.90 Å². The number of carbonyl (C=O) groups is 1. The zero-order chi connectivity index (χ0) is 15.4. The Morgan fingerprint density at radius 3 is 2.19 bits per heavy atom. The molecule has 1 unspecified atom stereocenters. The van der Waals surface area contributed by atoms with Crippen molar-refractivity contribution in [1.82, 2.24) is 0 Å². The summed E-state index contributed by atoms with van der Waals surface area (Å²) in [5.74, 6) is -1.06. The minimum Gasteiger partial charge on any atom is -0.479 e. The van der Waals surface area contributed by atoms with Gasteiger partial charge in [0.05, 0.1) is 11.6 Å². The Labute approximate surface area is 131 Å². The van der Waals surface area contributed by atoms with Crippen LogP contribution in [0.5, 0.6) is 0 Å². The number of hydrogen-bond acceptors (Lipinski definition) is 3. The van der Waals surface area contributed by atoms with Gasteiger partial charge in [0.25, 0.3) is 0 Å². The lowest BCUT2D eigenvalue weighted by Crippen LogP contribution is -2.20. The molecular weight excluding hydrogens is 311 g/mol. The molecule has 0 fully saturated rings. The molecule has 2 aromatic carbocycles. The number of anilines is 1. The highest BCUT2D eigenvalue weighted by Gasteiger charge is 2.20. The summed E-state index contributed by atoms with van der Waals surface area (Å²) < 4.78 is 0. The third-order valence-corrected chi connectivity index (χ3v) is 3.23. The van der Waals surface area contributed by atoms with Gasteiger partial charge in [-0.2, -0.15) is 5.26 Å². The van der Waals surface area contributed by atoms with Crippen LogP contribution in [0.4, 0.5) is 5.69 Å². The highest BCUT2D eigenvalue weighted by molar-refractivity contribution is 6.34. The van der Waals surface area contributed by atoms with E-state index in [1.807, 2.05) is 6.07 Å². The van der Waals surface area contributed by atoms with Crippen molar-refractivity contribution in [3.05, 3.63) is 63.6 Å². The molecular formula is C15H10Cl2N2O2. The van der Waals surface area contributed by atoms with Gasteiger partial charge in [-0.1, -0.05) is 23.2 Å². The predicted molar refractivity (Wildman–Crippen MR) is 81.6 cm³/mol. The Balaban J connectivity index is 2.30. The molecule has 0 saturated carbocycles. The first kappa shape index (κ1) is 15.2. The van der Waals surface area contributed by atoms with Crippen molar-refractivity contribution in [2.24, 2.45) is 0 Å². The second kappa shape index (κ2) is 6.49. The highest BCUT2D eigenvalue weighted by atomic mass is 35.5. The van der Waals surface area contributed by atoms with E-state index in [0.29, 0.717) is 26.9 Å². The van der Waals surface area contributed by atoms with Crippen molar-refractivity contribution in [1.29, 1.82) is 5.26 Å². The quantitative estimate of drug-likeness (QED) is 0.889. The van der Waals surface area contributed by atoms with Gasteiger partial charge < -0.3 is 10.4 Å². The van der Waals surface area contributed by atoms with Gasteiger partial charge in [-0.15, -0.1) is 0 Å². The summed E-state index contributed by atoms with van der Waals surface area (Å²) in [4.78, 5) is 11.4. The van der Waals surface area contributed by atoms with Crippen LogP contribution in [0.2, 0.25) is 10.0 Å². The first-order valence-corrected chi connectivity index (χ1v) is 6.70. The molecule has 0 aromatic heterocycles. The van der Waals surface area contributed by atoms with Crippen molar-refractivity contribution < 1.29 is 9.90 Å². The molecule has 106 valence electrons. The molecule has 0 aliphatic rings. The van der Waals surface area contributed by atoms with E-state index in [1.54, 1.807) is 36.4 Å². The Kier molecular flexibility index (Phi) is 4.69. The zero-order valence-corrected chi connectivity index (χ0v) is 12.2. The number of rotatable bonds is 4. The molecule has 0 radical (unpaired) electrons. The molecule has 0 bridgehead atoms. The molecule has 0 heterocycles. The van der Waals surface area contributed by atoms with Crippen LogP contribution >= 0.6 is 23.2 Å². The summed E-state index contributed by atoms with van der Waals surface area (Å²) in [5.41, 5.74) is 1.53. The fraction of sp³-hybridized carbons (Fsp3) is 0.0667. The van der Waals surface area contributed by atoms with Crippen LogP contribution in [0.1, 0.15) is 17.2 Å². The predicted octanol–water partition coefficient (Wildman–Crippen LogP) is 4.10. The number of nitrogens with one attached hydrogen (secondary N) is 1. The first-order valence-electron chi connectivity index (χ1n) is 5.95. The number of nitriles is 1. The summed E-state index contributed by atoms with van der Waals surface area (Å²) in [6, 6.07) is 12.1. The molecule has 21 heavy (non-hydrogen) atoms. The maximum Gasteiger partial charge on any atom is 0.330 e. The molecule has 6 heteroatoms. The van der Waals surface area contributed by atoms with Crippen LogP contribution in [-0.2, 0) is 4.79 Å². The zero-order valence-electron chi connectivity index (χ0n) is 10.7. The highest BCUT2D eigenvalue weighted by Crippen LogP contribution is 2.26. The molecule has 2 rings (SSSR count). The molecule has 0 spiro atoms. The normalized spacial score (nSPS) is 11.5. The summed E-state index contributed by atoms with van der Waals surface area (Å²) in [7, 11) is 0. The van der Waals surface area contributed by atoms with Crippen LogP contribution < -0.4 is 5.32 Å². The Bertz CT molecular complexity index is 688. The third-order valence-electron chi connectivity index (χ3n) is 2.79.